The second kappa shape index (κ2) is 4.72. The highest BCUT2D eigenvalue weighted by atomic mass is 16.4. The van der Waals surface area contributed by atoms with Crippen molar-refractivity contribution in [3.63, 3.8) is 0 Å². The first-order valence-corrected chi connectivity index (χ1v) is 5.85. The Morgan fingerprint density at radius 3 is 2.41 bits per heavy atom. The molecule has 2 N–H and O–H groups in total. The Morgan fingerprint density at radius 1 is 1.18 bits per heavy atom. The van der Waals surface area contributed by atoms with Crippen LogP contribution in [0.1, 0.15) is 22.6 Å². The van der Waals surface area contributed by atoms with Crippen molar-refractivity contribution in [1.82, 2.24) is 4.98 Å². The van der Waals surface area contributed by atoms with Gasteiger partial charge in [0.15, 0.2) is 11.7 Å². The van der Waals surface area contributed by atoms with Gasteiger partial charge in [-0.25, -0.2) is 4.98 Å². The Morgan fingerprint density at radius 2 is 1.82 bits per heavy atom. The van der Waals surface area contributed by atoms with Gasteiger partial charge in [0, 0.05) is 18.5 Å². The van der Waals surface area contributed by atoms with Crippen molar-refractivity contribution in [3.05, 3.63) is 40.9 Å². The van der Waals surface area contributed by atoms with E-state index in [0.29, 0.717) is 18.9 Å². The molecule has 0 saturated carbocycles. The predicted octanol–water partition coefficient (Wildman–Crippen LogP) is 2.77. The quantitative estimate of drug-likeness (QED) is 0.882. The summed E-state index contributed by atoms with van der Waals surface area (Å²) in [6.45, 7) is 6.86. The standard InChI is InChI=1S/C14H18N2O/c1-9-6-10(2)14(11(3)7-9)12-8-16-13(17-12)4-5-15/h6-8H,4-5,15H2,1-3H3. The molecule has 90 valence electrons. The van der Waals surface area contributed by atoms with Gasteiger partial charge >= 0.3 is 0 Å². The van der Waals surface area contributed by atoms with Gasteiger partial charge in [0.25, 0.3) is 0 Å². The summed E-state index contributed by atoms with van der Waals surface area (Å²) >= 11 is 0. The SMILES string of the molecule is Cc1cc(C)c(-c2cnc(CCN)o2)c(C)c1. The second-order valence-electron chi connectivity index (χ2n) is 4.43. The van der Waals surface area contributed by atoms with Crippen LogP contribution in [0, 0.1) is 20.8 Å². The fourth-order valence-corrected chi connectivity index (χ4v) is 2.23. The fraction of sp³-hybridized carbons (Fsp3) is 0.357. The van der Waals surface area contributed by atoms with Gasteiger partial charge in [0.1, 0.15) is 0 Å². The number of hydrogen-bond acceptors (Lipinski definition) is 3. The lowest BCUT2D eigenvalue weighted by Crippen LogP contribution is -2.02. The molecule has 2 aromatic rings. The largest absolute Gasteiger partial charge is 0.441 e. The number of nitrogens with zero attached hydrogens (tertiary/aromatic N) is 1. The maximum Gasteiger partial charge on any atom is 0.196 e. The molecule has 1 aromatic carbocycles. The van der Waals surface area contributed by atoms with Gasteiger partial charge in [-0.2, -0.15) is 0 Å². The lowest BCUT2D eigenvalue weighted by Gasteiger charge is -2.08. The van der Waals surface area contributed by atoms with Crippen LogP contribution < -0.4 is 5.73 Å². The monoisotopic (exact) mass is 230 g/mol. The minimum Gasteiger partial charge on any atom is -0.441 e. The fourth-order valence-electron chi connectivity index (χ4n) is 2.23. The topological polar surface area (TPSA) is 52.0 Å². The summed E-state index contributed by atoms with van der Waals surface area (Å²) in [5, 5.41) is 0. The Kier molecular flexibility index (Phi) is 3.29. The number of benzene rings is 1. The van der Waals surface area contributed by atoms with Gasteiger partial charge in [-0.1, -0.05) is 17.7 Å². The molecule has 0 radical (unpaired) electrons. The average Bonchev–Trinajstić information content (AvgIpc) is 2.65. The molecule has 0 aliphatic heterocycles. The lowest BCUT2D eigenvalue weighted by atomic mass is 9.98. The number of aryl methyl sites for hydroxylation is 3. The molecule has 2 rings (SSSR count). The van der Waals surface area contributed by atoms with Crippen LogP contribution in [0.2, 0.25) is 0 Å². The molecule has 0 fully saturated rings. The van der Waals surface area contributed by atoms with Gasteiger partial charge in [-0.05, 0) is 31.9 Å². The summed E-state index contributed by atoms with van der Waals surface area (Å²) in [4.78, 5) is 4.24. The molecule has 0 bridgehead atoms. The number of rotatable bonds is 3. The third kappa shape index (κ3) is 2.39. The van der Waals surface area contributed by atoms with Crippen LogP contribution in [0.15, 0.2) is 22.7 Å². The molecule has 17 heavy (non-hydrogen) atoms. The van der Waals surface area contributed by atoms with Crippen molar-refractivity contribution in [2.45, 2.75) is 27.2 Å². The zero-order chi connectivity index (χ0) is 12.4. The highest BCUT2D eigenvalue weighted by Crippen LogP contribution is 2.28. The zero-order valence-electron chi connectivity index (χ0n) is 10.6. The van der Waals surface area contributed by atoms with E-state index < -0.39 is 0 Å². The first-order valence-electron chi connectivity index (χ1n) is 5.85. The summed E-state index contributed by atoms with van der Waals surface area (Å²) in [6, 6.07) is 4.32. The van der Waals surface area contributed by atoms with E-state index in [2.05, 4.69) is 37.9 Å². The maximum absolute atomic E-state index is 5.72. The Hall–Kier alpha value is -1.61. The second-order valence-corrected chi connectivity index (χ2v) is 4.43. The van der Waals surface area contributed by atoms with Gasteiger partial charge in [0.2, 0.25) is 0 Å². The minimum absolute atomic E-state index is 0.561. The van der Waals surface area contributed by atoms with Crippen molar-refractivity contribution in [2.75, 3.05) is 6.54 Å². The molecule has 1 aromatic heterocycles. The number of oxazole rings is 1. The van der Waals surface area contributed by atoms with Crippen LogP contribution >= 0.6 is 0 Å². The minimum atomic E-state index is 0.561. The molecule has 0 atom stereocenters. The molecule has 0 amide bonds. The van der Waals surface area contributed by atoms with Gasteiger partial charge in [-0.15, -0.1) is 0 Å². The van der Waals surface area contributed by atoms with Gasteiger partial charge in [0.05, 0.1) is 6.20 Å². The first kappa shape index (κ1) is 11.9. The van der Waals surface area contributed by atoms with E-state index in [0.717, 1.165) is 11.3 Å². The Labute approximate surface area is 102 Å². The number of nitrogens with two attached hydrogens (primary N) is 1. The summed E-state index contributed by atoms with van der Waals surface area (Å²) in [6.07, 6.45) is 2.47. The molecule has 3 heteroatoms. The van der Waals surface area contributed by atoms with Crippen LogP contribution in [0.3, 0.4) is 0 Å². The summed E-state index contributed by atoms with van der Waals surface area (Å²) < 4.78 is 5.72. The van der Waals surface area contributed by atoms with Crippen molar-refractivity contribution in [2.24, 2.45) is 5.73 Å². The molecule has 3 nitrogen and oxygen atoms in total. The molecule has 0 aliphatic rings. The van der Waals surface area contributed by atoms with Crippen molar-refractivity contribution >= 4 is 0 Å². The molecule has 0 aliphatic carbocycles. The maximum atomic E-state index is 5.72. The average molecular weight is 230 g/mol. The summed E-state index contributed by atoms with van der Waals surface area (Å²) in [7, 11) is 0. The number of aromatic nitrogens is 1. The van der Waals surface area contributed by atoms with E-state index in [1.54, 1.807) is 6.20 Å². The van der Waals surface area contributed by atoms with Gasteiger partial charge in [-0.3, -0.25) is 0 Å². The summed E-state index contributed by atoms with van der Waals surface area (Å²) in [5.74, 6) is 1.55. The van der Waals surface area contributed by atoms with Crippen LogP contribution in [0.5, 0.6) is 0 Å². The normalized spacial score (nSPS) is 10.8. The molecule has 0 unspecified atom stereocenters. The Balaban J connectivity index is 2.45. The molecular weight excluding hydrogens is 212 g/mol. The van der Waals surface area contributed by atoms with E-state index >= 15 is 0 Å². The third-order valence-electron chi connectivity index (χ3n) is 2.84. The van der Waals surface area contributed by atoms with Crippen molar-refractivity contribution in [3.8, 4) is 11.3 Å². The van der Waals surface area contributed by atoms with Crippen LogP contribution in [-0.2, 0) is 6.42 Å². The highest BCUT2D eigenvalue weighted by Gasteiger charge is 2.11. The molecule has 1 heterocycles. The zero-order valence-corrected chi connectivity index (χ0v) is 10.6. The van der Waals surface area contributed by atoms with Gasteiger partial charge < -0.3 is 10.2 Å². The van der Waals surface area contributed by atoms with E-state index in [-0.39, 0.29) is 0 Å². The van der Waals surface area contributed by atoms with Crippen molar-refractivity contribution in [1.29, 1.82) is 0 Å². The van der Waals surface area contributed by atoms with E-state index in [4.69, 9.17) is 10.2 Å². The highest BCUT2D eigenvalue weighted by molar-refractivity contribution is 5.66. The lowest BCUT2D eigenvalue weighted by molar-refractivity contribution is 0.507. The molecule has 0 saturated heterocycles. The summed E-state index contributed by atoms with van der Waals surface area (Å²) in [5.41, 5.74) is 10.3. The first-order chi connectivity index (χ1) is 8.11. The molecule has 0 spiro atoms. The molecular formula is C14H18N2O. The third-order valence-corrected chi connectivity index (χ3v) is 2.84. The number of hydrogen-bond donors (Lipinski definition) is 1. The van der Waals surface area contributed by atoms with Crippen LogP contribution in [-0.4, -0.2) is 11.5 Å². The van der Waals surface area contributed by atoms with E-state index in [1.807, 2.05) is 0 Å². The van der Waals surface area contributed by atoms with E-state index in [1.165, 1.54) is 16.7 Å². The van der Waals surface area contributed by atoms with Crippen LogP contribution in [0.25, 0.3) is 11.3 Å². The predicted molar refractivity (Wildman–Crippen MR) is 68.9 cm³/mol. The smallest absolute Gasteiger partial charge is 0.196 e. The van der Waals surface area contributed by atoms with Crippen LogP contribution in [0.4, 0.5) is 0 Å². The van der Waals surface area contributed by atoms with E-state index in [9.17, 15) is 0 Å². The Bertz CT molecular complexity index is 506. The van der Waals surface area contributed by atoms with Crippen molar-refractivity contribution < 1.29 is 4.42 Å².